The first-order valence-electron chi connectivity index (χ1n) is 7.85. The fourth-order valence-electron chi connectivity index (χ4n) is 4.20. The summed E-state index contributed by atoms with van der Waals surface area (Å²) < 4.78 is 0. The summed E-state index contributed by atoms with van der Waals surface area (Å²) in [5, 5.41) is 3.39. The van der Waals surface area contributed by atoms with Crippen LogP contribution in [0.3, 0.4) is 0 Å². The van der Waals surface area contributed by atoms with Gasteiger partial charge in [-0.1, -0.05) is 6.42 Å². The van der Waals surface area contributed by atoms with Crippen LogP contribution < -0.4 is 5.32 Å². The Morgan fingerprint density at radius 3 is 2.89 bits per heavy atom. The second kappa shape index (κ2) is 5.60. The highest BCUT2D eigenvalue weighted by Gasteiger charge is 2.37. The molecule has 0 radical (unpaired) electrons. The Kier molecular flexibility index (Phi) is 3.88. The molecular weight excluding hydrogens is 224 g/mol. The maximum absolute atomic E-state index is 12.4. The van der Waals surface area contributed by atoms with E-state index in [0.717, 1.165) is 44.3 Å². The summed E-state index contributed by atoms with van der Waals surface area (Å²) in [4.78, 5) is 14.6. The third-order valence-corrected chi connectivity index (χ3v) is 5.24. The number of fused-ring (bicyclic) bond motifs is 1. The molecular formula is C15H26N2O. The SMILES string of the molecule is O=C(CCC1CCNC1)N1CCCC2CCCC21. The van der Waals surface area contributed by atoms with Gasteiger partial charge in [-0.2, -0.15) is 0 Å². The summed E-state index contributed by atoms with van der Waals surface area (Å²) in [5.41, 5.74) is 0. The minimum atomic E-state index is 0.443. The Morgan fingerprint density at radius 2 is 2.06 bits per heavy atom. The maximum Gasteiger partial charge on any atom is 0.222 e. The average Bonchev–Trinajstić information content (AvgIpc) is 3.05. The molecule has 102 valence electrons. The standard InChI is InChI=1S/C15H26N2O/c18-15(7-6-12-8-9-16-11-12)17-10-2-4-13-3-1-5-14(13)17/h12-14,16H,1-11H2. The summed E-state index contributed by atoms with van der Waals surface area (Å²) in [5.74, 6) is 2.02. The minimum absolute atomic E-state index is 0.443. The number of amides is 1. The van der Waals surface area contributed by atoms with Gasteiger partial charge in [0, 0.05) is 19.0 Å². The van der Waals surface area contributed by atoms with Gasteiger partial charge in [0.1, 0.15) is 0 Å². The maximum atomic E-state index is 12.4. The fraction of sp³-hybridized carbons (Fsp3) is 0.933. The molecule has 0 aromatic heterocycles. The molecule has 3 heteroatoms. The van der Waals surface area contributed by atoms with E-state index in [9.17, 15) is 4.79 Å². The van der Waals surface area contributed by atoms with Gasteiger partial charge in [0.05, 0.1) is 0 Å². The predicted octanol–water partition coefficient (Wildman–Crippen LogP) is 2.17. The number of carbonyl (C=O) groups excluding carboxylic acids is 1. The molecule has 1 amide bonds. The van der Waals surface area contributed by atoms with E-state index in [-0.39, 0.29) is 0 Å². The van der Waals surface area contributed by atoms with E-state index in [4.69, 9.17) is 0 Å². The number of nitrogens with zero attached hydrogens (tertiary/aromatic N) is 1. The van der Waals surface area contributed by atoms with E-state index in [0.29, 0.717) is 11.9 Å². The number of piperidine rings is 1. The van der Waals surface area contributed by atoms with Gasteiger partial charge in [-0.05, 0) is 63.5 Å². The second-order valence-electron chi connectivity index (χ2n) is 6.39. The first-order chi connectivity index (χ1) is 8.84. The Labute approximate surface area is 110 Å². The summed E-state index contributed by atoms with van der Waals surface area (Å²) in [7, 11) is 0. The quantitative estimate of drug-likeness (QED) is 0.832. The van der Waals surface area contributed by atoms with E-state index in [1.165, 1.54) is 38.5 Å². The molecule has 2 saturated heterocycles. The van der Waals surface area contributed by atoms with Crippen molar-refractivity contribution in [1.29, 1.82) is 0 Å². The largest absolute Gasteiger partial charge is 0.339 e. The molecule has 1 aliphatic carbocycles. The van der Waals surface area contributed by atoms with E-state index >= 15 is 0 Å². The van der Waals surface area contributed by atoms with Crippen LogP contribution in [0.2, 0.25) is 0 Å². The Bertz CT molecular complexity index is 299. The van der Waals surface area contributed by atoms with Gasteiger partial charge in [-0.25, -0.2) is 0 Å². The lowest BCUT2D eigenvalue weighted by Crippen LogP contribution is -2.46. The van der Waals surface area contributed by atoms with Crippen LogP contribution in [0.4, 0.5) is 0 Å². The van der Waals surface area contributed by atoms with Crippen LogP contribution in [0.1, 0.15) is 51.4 Å². The summed E-state index contributed by atoms with van der Waals surface area (Å²) in [6.07, 6.45) is 9.71. The molecule has 3 unspecified atom stereocenters. The van der Waals surface area contributed by atoms with Crippen molar-refractivity contribution in [2.24, 2.45) is 11.8 Å². The number of rotatable bonds is 3. The molecule has 2 aliphatic heterocycles. The zero-order valence-corrected chi connectivity index (χ0v) is 11.4. The van der Waals surface area contributed by atoms with Crippen LogP contribution in [0.5, 0.6) is 0 Å². The topological polar surface area (TPSA) is 32.3 Å². The van der Waals surface area contributed by atoms with Crippen molar-refractivity contribution in [2.45, 2.75) is 57.4 Å². The van der Waals surface area contributed by atoms with Gasteiger partial charge in [0.15, 0.2) is 0 Å². The van der Waals surface area contributed by atoms with Crippen LogP contribution >= 0.6 is 0 Å². The van der Waals surface area contributed by atoms with Gasteiger partial charge in [0.25, 0.3) is 0 Å². The fourth-order valence-corrected chi connectivity index (χ4v) is 4.20. The van der Waals surface area contributed by atoms with Crippen molar-refractivity contribution in [1.82, 2.24) is 10.2 Å². The van der Waals surface area contributed by atoms with Crippen molar-refractivity contribution >= 4 is 5.91 Å². The highest BCUT2D eigenvalue weighted by molar-refractivity contribution is 5.76. The number of hydrogen-bond acceptors (Lipinski definition) is 2. The Morgan fingerprint density at radius 1 is 1.17 bits per heavy atom. The molecule has 0 aromatic rings. The van der Waals surface area contributed by atoms with Crippen molar-refractivity contribution < 1.29 is 4.79 Å². The van der Waals surface area contributed by atoms with Gasteiger partial charge >= 0.3 is 0 Å². The molecule has 3 aliphatic rings. The predicted molar refractivity (Wildman–Crippen MR) is 72.3 cm³/mol. The summed E-state index contributed by atoms with van der Waals surface area (Å²) in [6.45, 7) is 3.30. The lowest BCUT2D eigenvalue weighted by molar-refractivity contribution is -0.136. The highest BCUT2D eigenvalue weighted by atomic mass is 16.2. The Hall–Kier alpha value is -0.570. The third kappa shape index (κ3) is 2.56. The van der Waals surface area contributed by atoms with Crippen molar-refractivity contribution in [3.05, 3.63) is 0 Å². The van der Waals surface area contributed by atoms with Gasteiger partial charge < -0.3 is 10.2 Å². The minimum Gasteiger partial charge on any atom is -0.339 e. The van der Waals surface area contributed by atoms with Crippen LogP contribution in [0.25, 0.3) is 0 Å². The number of hydrogen-bond donors (Lipinski definition) is 1. The van der Waals surface area contributed by atoms with Crippen LogP contribution in [0, 0.1) is 11.8 Å². The average molecular weight is 250 g/mol. The third-order valence-electron chi connectivity index (χ3n) is 5.24. The Balaban J connectivity index is 1.51. The second-order valence-corrected chi connectivity index (χ2v) is 6.39. The first-order valence-corrected chi connectivity index (χ1v) is 7.85. The summed E-state index contributed by atoms with van der Waals surface area (Å²) >= 11 is 0. The number of likely N-dealkylation sites (tertiary alicyclic amines) is 1. The van der Waals surface area contributed by atoms with E-state index in [2.05, 4.69) is 10.2 Å². The summed E-state index contributed by atoms with van der Waals surface area (Å²) in [6, 6.07) is 0.605. The first kappa shape index (κ1) is 12.5. The zero-order valence-electron chi connectivity index (χ0n) is 11.4. The van der Waals surface area contributed by atoms with E-state index in [1.807, 2.05) is 0 Å². The van der Waals surface area contributed by atoms with Crippen molar-refractivity contribution in [3.63, 3.8) is 0 Å². The smallest absolute Gasteiger partial charge is 0.222 e. The van der Waals surface area contributed by atoms with E-state index < -0.39 is 0 Å². The molecule has 18 heavy (non-hydrogen) atoms. The molecule has 3 rings (SSSR count). The molecule has 2 heterocycles. The number of carbonyl (C=O) groups is 1. The molecule has 0 spiro atoms. The lowest BCUT2D eigenvalue weighted by atomic mass is 9.91. The number of nitrogens with one attached hydrogen (secondary N) is 1. The van der Waals surface area contributed by atoms with Gasteiger partial charge in [-0.3, -0.25) is 4.79 Å². The normalized spacial score (nSPS) is 35.8. The molecule has 0 aromatic carbocycles. The molecule has 3 fully saturated rings. The lowest BCUT2D eigenvalue weighted by Gasteiger charge is -2.38. The van der Waals surface area contributed by atoms with Crippen molar-refractivity contribution in [2.75, 3.05) is 19.6 Å². The van der Waals surface area contributed by atoms with E-state index in [1.54, 1.807) is 0 Å². The molecule has 0 bridgehead atoms. The van der Waals surface area contributed by atoms with Crippen LogP contribution in [-0.2, 0) is 4.79 Å². The van der Waals surface area contributed by atoms with Crippen molar-refractivity contribution in [3.8, 4) is 0 Å². The van der Waals surface area contributed by atoms with Crippen LogP contribution in [-0.4, -0.2) is 36.5 Å². The molecule has 1 saturated carbocycles. The zero-order chi connectivity index (χ0) is 12.4. The molecule has 1 N–H and O–H groups in total. The van der Waals surface area contributed by atoms with Gasteiger partial charge in [0.2, 0.25) is 5.91 Å². The monoisotopic (exact) mass is 250 g/mol. The molecule has 3 nitrogen and oxygen atoms in total. The highest BCUT2D eigenvalue weighted by Crippen LogP contribution is 2.37. The van der Waals surface area contributed by atoms with Gasteiger partial charge in [-0.15, -0.1) is 0 Å². The van der Waals surface area contributed by atoms with Crippen LogP contribution in [0.15, 0.2) is 0 Å². The molecule has 3 atom stereocenters.